The molecule has 0 saturated carbocycles. The highest BCUT2D eigenvalue weighted by Crippen LogP contribution is 2.27. The summed E-state index contributed by atoms with van der Waals surface area (Å²) >= 11 is 0. The van der Waals surface area contributed by atoms with Gasteiger partial charge < -0.3 is 9.84 Å². The SMILES string of the molecule is COc1ccc(C(O)c2ccc(CC(C)C)cc2)c(F)c1. The molecule has 0 aliphatic carbocycles. The van der Waals surface area contributed by atoms with Gasteiger partial charge in [-0.05, 0) is 35.6 Å². The largest absolute Gasteiger partial charge is 0.497 e. The van der Waals surface area contributed by atoms with Crippen LogP contribution in [0.4, 0.5) is 4.39 Å². The molecule has 0 spiro atoms. The van der Waals surface area contributed by atoms with Crippen LogP contribution in [0.25, 0.3) is 0 Å². The van der Waals surface area contributed by atoms with Gasteiger partial charge in [-0.1, -0.05) is 38.1 Å². The Labute approximate surface area is 125 Å². The number of benzene rings is 2. The first-order chi connectivity index (χ1) is 10.0. The van der Waals surface area contributed by atoms with Crippen molar-refractivity contribution in [3.63, 3.8) is 0 Å². The van der Waals surface area contributed by atoms with Crippen LogP contribution in [-0.4, -0.2) is 12.2 Å². The van der Waals surface area contributed by atoms with E-state index in [0.29, 0.717) is 17.2 Å². The van der Waals surface area contributed by atoms with Gasteiger partial charge in [-0.3, -0.25) is 0 Å². The molecule has 1 atom stereocenters. The fourth-order valence-electron chi connectivity index (χ4n) is 2.34. The number of ether oxygens (including phenoxy) is 1. The van der Waals surface area contributed by atoms with Gasteiger partial charge in [0.25, 0.3) is 0 Å². The Morgan fingerprint density at radius 1 is 1.10 bits per heavy atom. The fraction of sp³-hybridized carbons (Fsp3) is 0.333. The second-order valence-electron chi connectivity index (χ2n) is 5.63. The van der Waals surface area contributed by atoms with Gasteiger partial charge >= 0.3 is 0 Å². The molecule has 0 aliphatic heterocycles. The van der Waals surface area contributed by atoms with Crippen molar-refractivity contribution < 1.29 is 14.2 Å². The maximum atomic E-state index is 14.0. The second kappa shape index (κ2) is 6.72. The zero-order valence-electron chi connectivity index (χ0n) is 12.6. The third-order valence-electron chi connectivity index (χ3n) is 3.44. The van der Waals surface area contributed by atoms with Crippen molar-refractivity contribution in [3.05, 3.63) is 65.0 Å². The van der Waals surface area contributed by atoms with Gasteiger partial charge in [-0.25, -0.2) is 4.39 Å². The van der Waals surface area contributed by atoms with Crippen LogP contribution in [0.15, 0.2) is 42.5 Å². The summed E-state index contributed by atoms with van der Waals surface area (Å²) in [5.41, 5.74) is 2.16. The summed E-state index contributed by atoms with van der Waals surface area (Å²) in [4.78, 5) is 0. The second-order valence-corrected chi connectivity index (χ2v) is 5.63. The van der Waals surface area contributed by atoms with Crippen molar-refractivity contribution in [2.45, 2.75) is 26.4 Å². The Morgan fingerprint density at radius 2 is 1.76 bits per heavy atom. The van der Waals surface area contributed by atoms with Gasteiger partial charge in [-0.2, -0.15) is 0 Å². The van der Waals surface area contributed by atoms with E-state index < -0.39 is 11.9 Å². The zero-order chi connectivity index (χ0) is 15.4. The van der Waals surface area contributed by atoms with Crippen LogP contribution in [0.2, 0.25) is 0 Å². The van der Waals surface area contributed by atoms with Crippen LogP contribution < -0.4 is 4.74 Å². The number of aliphatic hydroxyl groups excluding tert-OH is 1. The average Bonchev–Trinajstić information content (AvgIpc) is 2.46. The first kappa shape index (κ1) is 15.5. The number of hydrogen-bond donors (Lipinski definition) is 1. The summed E-state index contributed by atoms with van der Waals surface area (Å²) in [6.07, 6.45) is 0.0248. The lowest BCUT2D eigenvalue weighted by Gasteiger charge is -2.14. The average molecular weight is 288 g/mol. The van der Waals surface area contributed by atoms with E-state index in [2.05, 4.69) is 13.8 Å². The van der Waals surface area contributed by atoms with E-state index in [1.165, 1.54) is 18.7 Å². The minimum Gasteiger partial charge on any atom is -0.497 e. The first-order valence-electron chi connectivity index (χ1n) is 7.11. The lowest BCUT2D eigenvalue weighted by atomic mass is 9.97. The van der Waals surface area contributed by atoms with E-state index in [0.717, 1.165) is 6.42 Å². The topological polar surface area (TPSA) is 29.5 Å². The Morgan fingerprint density at radius 3 is 2.29 bits per heavy atom. The number of methoxy groups -OCH3 is 1. The number of aliphatic hydroxyl groups is 1. The van der Waals surface area contributed by atoms with E-state index in [-0.39, 0.29) is 5.56 Å². The normalized spacial score (nSPS) is 12.5. The summed E-state index contributed by atoms with van der Waals surface area (Å²) in [6, 6.07) is 12.2. The van der Waals surface area contributed by atoms with Crippen LogP contribution in [0.3, 0.4) is 0 Å². The Hall–Kier alpha value is -1.87. The van der Waals surface area contributed by atoms with Crippen molar-refractivity contribution in [1.82, 2.24) is 0 Å². The summed E-state index contributed by atoms with van der Waals surface area (Å²) < 4.78 is 19.0. The van der Waals surface area contributed by atoms with Crippen molar-refractivity contribution in [2.24, 2.45) is 5.92 Å². The van der Waals surface area contributed by atoms with Crippen molar-refractivity contribution in [3.8, 4) is 5.75 Å². The lowest BCUT2D eigenvalue weighted by Crippen LogP contribution is -2.03. The van der Waals surface area contributed by atoms with Crippen LogP contribution in [0.1, 0.15) is 36.6 Å². The van der Waals surface area contributed by atoms with Gasteiger partial charge in [0.2, 0.25) is 0 Å². The van der Waals surface area contributed by atoms with Crippen LogP contribution in [0, 0.1) is 11.7 Å². The maximum Gasteiger partial charge on any atom is 0.133 e. The van der Waals surface area contributed by atoms with E-state index >= 15 is 0 Å². The molecule has 2 nitrogen and oxygen atoms in total. The molecule has 0 bridgehead atoms. The molecule has 0 aromatic heterocycles. The number of hydrogen-bond acceptors (Lipinski definition) is 2. The van der Waals surface area contributed by atoms with Crippen LogP contribution in [-0.2, 0) is 6.42 Å². The maximum absolute atomic E-state index is 14.0. The molecular formula is C18H21FO2. The molecule has 112 valence electrons. The van der Waals surface area contributed by atoms with Gasteiger partial charge in [0.05, 0.1) is 7.11 Å². The quantitative estimate of drug-likeness (QED) is 0.897. The molecule has 0 radical (unpaired) electrons. The van der Waals surface area contributed by atoms with Crippen molar-refractivity contribution in [2.75, 3.05) is 7.11 Å². The molecule has 0 amide bonds. The van der Waals surface area contributed by atoms with Crippen LogP contribution >= 0.6 is 0 Å². The zero-order valence-corrected chi connectivity index (χ0v) is 12.6. The summed E-state index contributed by atoms with van der Waals surface area (Å²) in [5, 5.41) is 10.3. The van der Waals surface area contributed by atoms with Crippen molar-refractivity contribution >= 4 is 0 Å². The minimum absolute atomic E-state index is 0.257. The van der Waals surface area contributed by atoms with E-state index in [1.807, 2.05) is 24.3 Å². The number of rotatable bonds is 5. The van der Waals surface area contributed by atoms with E-state index in [4.69, 9.17) is 4.74 Å². The smallest absolute Gasteiger partial charge is 0.133 e. The summed E-state index contributed by atoms with van der Waals surface area (Å²) in [7, 11) is 1.48. The Kier molecular flexibility index (Phi) is 4.97. The van der Waals surface area contributed by atoms with Crippen LogP contribution in [0.5, 0.6) is 5.75 Å². The molecule has 0 heterocycles. The molecular weight excluding hydrogens is 267 g/mol. The third kappa shape index (κ3) is 3.82. The molecule has 2 aromatic rings. The summed E-state index contributed by atoms with van der Waals surface area (Å²) in [6.45, 7) is 4.32. The van der Waals surface area contributed by atoms with Gasteiger partial charge in [-0.15, -0.1) is 0 Å². The molecule has 3 heteroatoms. The first-order valence-corrected chi connectivity index (χ1v) is 7.11. The standard InChI is InChI=1S/C18H21FO2/c1-12(2)10-13-4-6-14(7-5-13)18(20)16-9-8-15(21-3)11-17(16)19/h4-9,11-12,18,20H,10H2,1-3H3. The Bertz CT molecular complexity index is 591. The molecule has 0 aliphatic rings. The molecule has 0 fully saturated rings. The molecule has 1 N–H and O–H groups in total. The Balaban J connectivity index is 2.21. The van der Waals surface area contributed by atoms with Gasteiger partial charge in [0.1, 0.15) is 17.7 Å². The van der Waals surface area contributed by atoms with E-state index in [9.17, 15) is 9.50 Å². The highest BCUT2D eigenvalue weighted by molar-refractivity contribution is 5.36. The number of halogens is 1. The predicted octanol–water partition coefficient (Wildman–Crippen LogP) is 4.11. The fourth-order valence-corrected chi connectivity index (χ4v) is 2.34. The lowest BCUT2D eigenvalue weighted by molar-refractivity contribution is 0.214. The highest BCUT2D eigenvalue weighted by atomic mass is 19.1. The van der Waals surface area contributed by atoms with E-state index in [1.54, 1.807) is 12.1 Å². The van der Waals surface area contributed by atoms with Gasteiger partial charge in [0, 0.05) is 11.6 Å². The minimum atomic E-state index is -0.969. The molecule has 2 aromatic carbocycles. The monoisotopic (exact) mass is 288 g/mol. The highest BCUT2D eigenvalue weighted by Gasteiger charge is 2.15. The molecule has 2 rings (SSSR count). The predicted molar refractivity (Wildman–Crippen MR) is 82.0 cm³/mol. The third-order valence-corrected chi connectivity index (χ3v) is 3.44. The summed E-state index contributed by atoms with van der Waals surface area (Å²) in [5.74, 6) is 0.559. The molecule has 0 saturated heterocycles. The molecule has 1 unspecified atom stereocenters. The van der Waals surface area contributed by atoms with Crippen molar-refractivity contribution in [1.29, 1.82) is 0 Å². The van der Waals surface area contributed by atoms with Gasteiger partial charge in [0.15, 0.2) is 0 Å². The molecule has 21 heavy (non-hydrogen) atoms.